The van der Waals surface area contributed by atoms with Gasteiger partial charge in [-0.15, -0.1) is 0 Å². The Morgan fingerprint density at radius 1 is 1.27 bits per heavy atom. The number of carbonyl (C=O) groups is 1. The lowest BCUT2D eigenvalue weighted by Gasteiger charge is -2.18. The van der Waals surface area contributed by atoms with Crippen molar-refractivity contribution in [1.29, 1.82) is 5.26 Å². The quantitative estimate of drug-likeness (QED) is 0.729. The molecule has 26 heavy (non-hydrogen) atoms. The molecule has 134 valence electrons. The fourth-order valence-corrected chi connectivity index (χ4v) is 4.06. The molecule has 0 unspecified atom stereocenters. The molecular weight excluding hydrogens is 352 g/mol. The van der Waals surface area contributed by atoms with Crippen LogP contribution in [0, 0.1) is 11.3 Å². The average molecular weight is 370 g/mol. The molecule has 6 nitrogen and oxygen atoms in total. The fraction of sp³-hybridized carbons (Fsp3) is 0.263. The maximum absolute atomic E-state index is 12.4. The maximum Gasteiger partial charge on any atom is 0.234 e. The minimum absolute atomic E-state index is 0.0409. The van der Waals surface area contributed by atoms with Gasteiger partial charge in [0.05, 0.1) is 17.0 Å². The van der Waals surface area contributed by atoms with Crippen LogP contribution in [-0.2, 0) is 16.4 Å². The second kappa shape index (κ2) is 7.18. The number of rotatable bonds is 6. The third-order valence-corrected chi connectivity index (χ3v) is 6.10. The van der Waals surface area contributed by atoms with E-state index < -0.39 is 10.0 Å². The minimum Gasteiger partial charge on any atom is -0.484 e. The Morgan fingerprint density at radius 2 is 2.04 bits per heavy atom. The molecule has 0 saturated heterocycles. The number of nitrogens with zero attached hydrogens (tertiary/aromatic N) is 2. The van der Waals surface area contributed by atoms with E-state index in [1.807, 2.05) is 6.07 Å². The molecule has 0 saturated carbocycles. The second-order valence-corrected chi connectivity index (χ2v) is 8.07. The molecule has 0 radical (unpaired) electrons. The highest BCUT2D eigenvalue weighted by Crippen LogP contribution is 2.31. The zero-order chi connectivity index (χ0) is 18.7. The Balaban J connectivity index is 1.75. The number of fused-ring (bicyclic) bond motifs is 1. The minimum atomic E-state index is -3.31. The van der Waals surface area contributed by atoms with Gasteiger partial charge < -0.3 is 4.74 Å². The van der Waals surface area contributed by atoms with Crippen LogP contribution in [0.15, 0.2) is 42.5 Å². The molecule has 0 spiro atoms. The topological polar surface area (TPSA) is 87.5 Å². The average Bonchev–Trinajstić information content (AvgIpc) is 3.10. The zero-order valence-corrected chi connectivity index (χ0v) is 15.1. The molecule has 7 heteroatoms. The van der Waals surface area contributed by atoms with E-state index in [0.717, 1.165) is 5.56 Å². The van der Waals surface area contributed by atoms with Crippen LogP contribution >= 0.6 is 0 Å². The van der Waals surface area contributed by atoms with Crippen LogP contribution in [0.4, 0.5) is 5.69 Å². The van der Waals surface area contributed by atoms with Gasteiger partial charge in [-0.1, -0.05) is 12.1 Å². The van der Waals surface area contributed by atoms with E-state index in [1.165, 1.54) is 4.31 Å². The van der Waals surface area contributed by atoms with Crippen LogP contribution in [0.1, 0.15) is 28.4 Å². The predicted octanol–water partition coefficient (Wildman–Crippen LogP) is 2.53. The van der Waals surface area contributed by atoms with Crippen molar-refractivity contribution in [3.63, 3.8) is 0 Å². The van der Waals surface area contributed by atoms with Gasteiger partial charge in [-0.3, -0.25) is 9.10 Å². The first kappa shape index (κ1) is 18.0. The van der Waals surface area contributed by atoms with Crippen LogP contribution in [0.25, 0.3) is 0 Å². The lowest BCUT2D eigenvalue weighted by molar-refractivity contribution is 0.0921. The molecule has 1 aliphatic heterocycles. The number of para-hydroxylation sites is 1. The summed E-state index contributed by atoms with van der Waals surface area (Å²) in [5.41, 5.74) is 2.31. The Hall–Kier alpha value is -2.85. The van der Waals surface area contributed by atoms with Crippen LogP contribution in [0.5, 0.6) is 5.75 Å². The summed E-state index contributed by atoms with van der Waals surface area (Å²) in [6.45, 7) is 1.82. The molecule has 0 amide bonds. The fourth-order valence-electron chi connectivity index (χ4n) is 2.90. The summed E-state index contributed by atoms with van der Waals surface area (Å²) in [5.74, 6) is 0.182. The highest BCUT2D eigenvalue weighted by Gasteiger charge is 2.28. The first-order chi connectivity index (χ1) is 12.5. The Bertz CT molecular complexity index is 993. The number of ketones is 1. The largest absolute Gasteiger partial charge is 0.484 e. The summed E-state index contributed by atoms with van der Waals surface area (Å²) in [5, 5.41) is 9.05. The van der Waals surface area contributed by atoms with E-state index in [1.54, 1.807) is 49.4 Å². The van der Waals surface area contributed by atoms with E-state index in [2.05, 4.69) is 0 Å². The number of Topliss-reactive ketones (excluding diaryl/α,β-unsaturated/α-hetero) is 1. The van der Waals surface area contributed by atoms with Crippen molar-refractivity contribution >= 4 is 21.5 Å². The number of hydrogen-bond acceptors (Lipinski definition) is 5. The smallest absolute Gasteiger partial charge is 0.234 e. The standard InChI is InChI=1S/C19H18N2O4S/c1-2-26(23,24)21-10-9-14-11-15(7-8-17(14)21)18(22)13-25-19-6-4-3-5-16(19)12-20/h3-8,11H,2,9-10,13H2,1H3. The third kappa shape index (κ3) is 3.41. The normalized spacial score (nSPS) is 13.2. The summed E-state index contributed by atoms with van der Waals surface area (Å²) in [4.78, 5) is 12.4. The van der Waals surface area contributed by atoms with E-state index in [9.17, 15) is 13.2 Å². The van der Waals surface area contributed by atoms with Gasteiger partial charge in [0, 0.05) is 12.1 Å². The molecule has 1 heterocycles. The lowest BCUT2D eigenvalue weighted by atomic mass is 10.1. The molecule has 0 bridgehead atoms. The van der Waals surface area contributed by atoms with Gasteiger partial charge in [0.25, 0.3) is 0 Å². The first-order valence-electron chi connectivity index (χ1n) is 8.24. The Labute approximate surface area is 152 Å². The van der Waals surface area contributed by atoms with E-state index >= 15 is 0 Å². The van der Waals surface area contributed by atoms with Gasteiger partial charge in [-0.05, 0) is 49.2 Å². The summed E-state index contributed by atoms with van der Waals surface area (Å²) in [6, 6.07) is 13.8. The molecule has 2 aromatic rings. The Kier molecular flexibility index (Phi) is 4.96. The van der Waals surface area contributed by atoms with Gasteiger partial charge in [-0.25, -0.2) is 8.42 Å². The van der Waals surface area contributed by atoms with E-state index in [0.29, 0.717) is 35.5 Å². The summed E-state index contributed by atoms with van der Waals surface area (Å²) < 4.78 is 31.1. The van der Waals surface area contributed by atoms with Crippen molar-refractivity contribution in [1.82, 2.24) is 0 Å². The van der Waals surface area contributed by atoms with E-state index in [4.69, 9.17) is 10.00 Å². The summed E-state index contributed by atoms with van der Waals surface area (Å²) >= 11 is 0. The second-order valence-electron chi connectivity index (χ2n) is 5.89. The maximum atomic E-state index is 12.4. The molecular formula is C19H18N2O4S. The molecule has 0 aromatic heterocycles. The monoisotopic (exact) mass is 370 g/mol. The lowest BCUT2D eigenvalue weighted by Crippen LogP contribution is -2.30. The molecule has 0 atom stereocenters. The molecule has 1 aliphatic rings. The first-order valence-corrected chi connectivity index (χ1v) is 9.85. The van der Waals surface area contributed by atoms with Gasteiger partial charge in [-0.2, -0.15) is 5.26 Å². The van der Waals surface area contributed by atoms with Gasteiger partial charge in [0.1, 0.15) is 11.8 Å². The summed E-state index contributed by atoms with van der Waals surface area (Å²) in [6.07, 6.45) is 0.577. The molecule has 0 aliphatic carbocycles. The van der Waals surface area contributed by atoms with Crippen molar-refractivity contribution < 1.29 is 17.9 Å². The number of hydrogen-bond donors (Lipinski definition) is 0. The van der Waals surface area contributed by atoms with Gasteiger partial charge >= 0.3 is 0 Å². The van der Waals surface area contributed by atoms with Crippen molar-refractivity contribution in [2.45, 2.75) is 13.3 Å². The highest BCUT2D eigenvalue weighted by molar-refractivity contribution is 7.92. The molecule has 3 rings (SSSR count). The summed E-state index contributed by atoms with van der Waals surface area (Å²) in [7, 11) is -3.31. The Morgan fingerprint density at radius 3 is 2.77 bits per heavy atom. The van der Waals surface area contributed by atoms with Crippen LogP contribution in [0.2, 0.25) is 0 Å². The molecule has 2 aromatic carbocycles. The third-order valence-electron chi connectivity index (χ3n) is 4.32. The SMILES string of the molecule is CCS(=O)(=O)N1CCc2cc(C(=O)COc3ccccc3C#N)ccc21. The zero-order valence-electron chi connectivity index (χ0n) is 14.3. The van der Waals surface area contributed by atoms with E-state index in [-0.39, 0.29) is 18.1 Å². The number of anilines is 1. The number of carbonyl (C=O) groups excluding carboxylic acids is 1. The van der Waals surface area contributed by atoms with Crippen molar-refractivity contribution in [3.8, 4) is 11.8 Å². The number of sulfonamides is 1. The van der Waals surface area contributed by atoms with Crippen LogP contribution in [-0.4, -0.2) is 33.1 Å². The molecule has 0 N–H and O–H groups in total. The number of nitriles is 1. The van der Waals surface area contributed by atoms with Crippen molar-refractivity contribution in [2.24, 2.45) is 0 Å². The van der Waals surface area contributed by atoms with Crippen molar-refractivity contribution in [2.75, 3.05) is 23.2 Å². The number of ether oxygens (including phenoxy) is 1. The van der Waals surface area contributed by atoms with Crippen molar-refractivity contribution in [3.05, 3.63) is 59.2 Å². The number of benzene rings is 2. The van der Waals surface area contributed by atoms with Gasteiger partial charge in [0.15, 0.2) is 12.4 Å². The van der Waals surface area contributed by atoms with Crippen LogP contribution in [0.3, 0.4) is 0 Å². The van der Waals surface area contributed by atoms with Crippen LogP contribution < -0.4 is 9.04 Å². The van der Waals surface area contributed by atoms with Gasteiger partial charge in [0.2, 0.25) is 10.0 Å². The molecule has 0 fully saturated rings. The highest BCUT2D eigenvalue weighted by atomic mass is 32.2. The predicted molar refractivity (Wildman–Crippen MR) is 97.9 cm³/mol.